The molecule has 0 unspecified atom stereocenters. The number of carbonyl (C=O) groups excluding carboxylic acids is 1. The molecule has 20 heavy (non-hydrogen) atoms. The van der Waals surface area contributed by atoms with Gasteiger partial charge < -0.3 is 10.0 Å². The van der Waals surface area contributed by atoms with E-state index in [4.69, 9.17) is 0 Å². The lowest BCUT2D eigenvalue weighted by Gasteiger charge is -2.26. The van der Waals surface area contributed by atoms with E-state index in [0.29, 0.717) is 12.0 Å². The Labute approximate surface area is 121 Å². The van der Waals surface area contributed by atoms with Crippen LogP contribution in [0, 0.1) is 0 Å². The van der Waals surface area contributed by atoms with Crippen LogP contribution in [0.25, 0.3) is 0 Å². The smallest absolute Gasteiger partial charge is 0.166 e. The summed E-state index contributed by atoms with van der Waals surface area (Å²) in [7, 11) is 0. The second-order valence-electron chi connectivity index (χ2n) is 5.65. The van der Waals surface area contributed by atoms with Crippen molar-refractivity contribution in [2.75, 3.05) is 19.6 Å². The highest BCUT2D eigenvalue weighted by Crippen LogP contribution is 2.19. The van der Waals surface area contributed by atoms with Crippen molar-refractivity contribution in [3.8, 4) is 5.75 Å². The van der Waals surface area contributed by atoms with Crippen LogP contribution >= 0.6 is 0 Å². The molecular weight excluding hydrogens is 250 g/mol. The highest BCUT2D eigenvalue weighted by atomic mass is 16.3. The molecule has 1 aromatic rings. The SMILES string of the molecule is O=C(CCCCCN1CCCCC1)c1ccccc1O. The number of phenolic OH excluding ortho intramolecular Hbond substituents is 1. The normalized spacial score (nSPS) is 16.2. The average molecular weight is 275 g/mol. The molecule has 110 valence electrons. The lowest BCUT2D eigenvalue weighted by atomic mass is 10.0. The largest absolute Gasteiger partial charge is 0.507 e. The Hall–Kier alpha value is -1.35. The van der Waals surface area contributed by atoms with Crippen LogP contribution in [0.5, 0.6) is 5.75 Å². The van der Waals surface area contributed by atoms with Crippen molar-refractivity contribution in [3.63, 3.8) is 0 Å². The van der Waals surface area contributed by atoms with E-state index in [-0.39, 0.29) is 11.5 Å². The van der Waals surface area contributed by atoms with E-state index in [0.717, 1.165) is 12.8 Å². The monoisotopic (exact) mass is 275 g/mol. The number of benzene rings is 1. The molecule has 0 atom stereocenters. The summed E-state index contributed by atoms with van der Waals surface area (Å²) in [4.78, 5) is 14.5. The molecule has 0 aliphatic carbocycles. The summed E-state index contributed by atoms with van der Waals surface area (Å²) >= 11 is 0. The summed E-state index contributed by atoms with van der Waals surface area (Å²) < 4.78 is 0. The van der Waals surface area contributed by atoms with Gasteiger partial charge in [0.2, 0.25) is 0 Å². The van der Waals surface area contributed by atoms with E-state index in [9.17, 15) is 9.90 Å². The number of aromatic hydroxyl groups is 1. The topological polar surface area (TPSA) is 40.5 Å². The number of nitrogens with zero attached hydrogens (tertiary/aromatic N) is 1. The molecule has 1 heterocycles. The Bertz CT molecular complexity index is 425. The van der Waals surface area contributed by atoms with Crippen molar-refractivity contribution in [1.82, 2.24) is 4.90 Å². The minimum Gasteiger partial charge on any atom is -0.507 e. The number of hydrogen-bond donors (Lipinski definition) is 1. The van der Waals surface area contributed by atoms with Crippen LogP contribution in [0.15, 0.2) is 24.3 Å². The van der Waals surface area contributed by atoms with Crippen LogP contribution in [0.2, 0.25) is 0 Å². The quantitative estimate of drug-likeness (QED) is 0.610. The van der Waals surface area contributed by atoms with Gasteiger partial charge >= 0.3 is 0 Å². The second kappa shape index (κ2) is 8.05. The van der Waals surface area contributed by atoms with Crippen molar-refractivity contribution in [2.24, 2.45) is 0 Å². The first-order valence-electron chi connectivity index (χ1n) is 7.81. The zero-order chi connectivity index (χ0) is 14.2. The van der Waals surface area contributed by atoms with Gasteiger partial charge in [-0.3, -0.25) is 4.79 Å². The van der Waals surface area contributed by atoms with Crippen LogP contribution < -0.4 is 0 Å². The molecule has 0 saturated carbocycles. The molecule has 3 heteroatoms. The molecular formula is C17H25NO2. The third kappa shape index (κ3) is 4.64. The third-order valence-corrected chi connectivity index (χ3v) is 4.03. The Morgan fingerprint density at radius 2 is 1.80 bits per heavy atom. The minimum absolute atomic E-state index is 0.0565. The zero-order valence-electron chi connectivity index (χ0n) is 12.2. The van der Waals surface area contributed by atoms with Gasteiger partial charge in [-0.25, -0.2) is 0 Å². The maximum absolute atomic E-state index is 12.0. The molecule has 1 saturated heterocycles. The molecule has 0 radical (unpaired) electrons. The Morgan fingerprint density at radius 1 is 1.05 bits per heavy atom. The lowest BCUT2D eigenvalue weighted by Crippen LogP contribution is -2.30. The summed E-state index contributed by atoms with van der Waals surface area (Å²) in [5.41, 5.74) is 0.462. The summed E-state index contributed by atoms with van der Waals surface area (Å²) in [6, 6.07) is 6.81. The van der Waals surface area contributed by atoms with Crippen LogP contribution in [0.4, 0.5) is 0 Å². The number of phenols is 1. The number of ketones is 1. The molecule has 1 fully saturated rings. The van der Waals surface area contributed by atoms with Gasteiger partial charge in [-0.1, -0.05) is 25.0 Å². The standard InChI is InChI=1S/C17H25NO2/c19-16(15-9-4-5-11-17(15)20)10-3-1-6-12-18-13-7-2-8-14-18/h4-5,9,11,20H,1-3,6-8,10,12-14H2. The Morgan fingerprint density at radius 3 is 2.55 bits per heavy atom. The first-order valence-corrected chi connectivity index (χ1v) is 7.81. The number of rotatable bonds is 7. The van der Waals surface area contributed by atoms with Gasteiger partial charge in [-0.2, -0.15) is 0 Å². The van der Waals surface area contributed by atoms with Gasteiger partial charge in [0, 0.05) is 6.42 Å². The molecule has 0 amide bonds. The third-order valence-electron chi connectivity index (χ3n) is 4.03. The van der Waals surface area contributed by atoms with E-state index in [2.05, 4.69) is 4.90 Å². The van der Waals surface area contributed by atoms with Gasteiger partial charge in [-0.05, 0) is 57.5 Å². The summed E-state index contributed by atoms with van der Waals surface area (Å²) in [6.07, 6.45) is 7.78. The predicted molar refractivity (Wildman–Crippen MR) is 81.2 cm³/mol. The fraction of sp³-hybridized carbons (Fsp3) is 0.588. The van der Waals surface area contributed by atoms with Crippen molar-refractivity contribution in [2.45, 2.75) is 44.9 Å². The number of unbranched alkanes of at least 4 members (excludes halogenated alkanes) is 2. The predicted octanol–water partition coefficient (Wildman–Crippen LogP) is 3.62. The number of likely N-dealkylation sites (tertiary alicyclic amines) is 1. The van der Waals surface area contributed by atoms with E-state index in [1.54, 1.807) is 24.3 Å². The molecule has 1 aliphatic rings. The van der Waals surface area contributed by atoms with E-state index < -0.39 is 0 Å². The number of carbonyl (C=O) groups is 1. The van der Waals surface area contributed by atoms with Crippen molar-refractivity contribution < 1.29 is 9.90 Å². The van der Waals surface area contributed by atoms with Crippen LogP contribution in [0.1, 0.15) is 55.3 Å². The Balaban J connectivity index is 1.61. The zero-order valence-corrected chi connectivity index (χ0v) is 12.2. The van der Waals surface area contributed by atoms with Crippen LogP contribution in [-0.4, -0.2) is 35.4 Å². The summed E-state index contributed by atoms with van der Waals surface area (Å²) in [6.45, 7) is 3.67. The number of piperidine rings is 1. The van der Waals surface area contributed by atoms with Gasteiger partial charge in [0.15, 0.2) is 5.78 Å². The number of Topliss-reactive ketones (excluding diaryl/α,β-unsaturated/α-hetero) is 1. The highest BCUT2D eigenvalue weighted by Gasteiger charge is 2.11. The minimum atomic E-state index is 0.0565. The van der Waals surface area contributed by atoms with Gasteiger partial charge in [0.25, 0.3) is 0 Å². The summed E-state index contributed by atoms with van der Waals surface area (Å²) in [5, 5.41) is 9.63. The van der Waals surface area contributed by atoms with Crippen molar-refractivity contribution >= 4 is 5.78 Å². The molecule has 1 aromatic carbocycles. The first-order chi connectivity index (χ1) is 9.77. The molecule has 3 nitrogen and oxygen atoms in total. The van der Waals surface area contributed by atoms with Crippen molar-refractivity contribution in [3.05, 3.63) is 29.8 Å². The number of para-hydroxylation sites is 1. The van der Waals surface area contributed by atoms with Crippen molar-refractivity contribution in [1.29, 1.82) is 0 Å². The molecule has 0 aromatic heterocycles. The van der Waals surface area contributed by atoms with E-state index in [1.165, 1.54) is 45.3 Å². The Kier molecular flexibility index (Phi) is 6.06. The van der Waals surface area contributed by atoms with E-state index >= 15 is 0 Å². The van der Waals surface area contributed by atoms with Gasteiger partial charge in [0.05, 0.1) is 5.56 Å². The second-order valence-corrected chi connectivity index (χ2v) is 5.65. The molecule has 0 bridgehead atoms. The van der Waals surface area contributed by atoms with Crippen LogP contribution in [0.3, 0.4) is 0 Å². The summed E-state index contributed by atoms with van der Waals surface area (Å²) in [5.74, 6) is 0.159. The van der Waals surface area contributed by atoms with Gasteiger partial charge in [0.1, 0.15) is 5.75 Å². The maximum atomic E-state index is 12.0. The maximum Gasteiger partial charge on any atom is 0.166 e. The lowest BCUT2D eigenvalue weighted by molar-refractivity contribution is 0.0976. The highest BCUT2D eigenvalue weighted by molar-refractivity contribution is 5.98. The fourth-order valence-electron chi connectivity index (χ4n) is 2.82. The first kappa shape index (κ1) is 15.0. The fourth-order valence-corrected chi connectivity index (χ4v) is 2.82. The average Bonchev–Trinajstić information content (AvgIpc) is 2.48. The molecule has 2 rings (SSSR count). The molecule has 1 aliphatic heterocycles. The molecule has 0 spiro atoms. The molecule has 1 N–H and O–H groups in total. The number of hydrogen-bond acceptors (Lipinski definition) is 3. The van der Waals surface area contributed by atoms with Crippen LogP contribution in [-0.2, 0) is 0 Å². The van der Waals surface area contributed by atoms with Gasteiger partial charge in [-0.15, -0.1) is 0 Å². The van der Waals surface area contributed by atoms with E-state index in [1.807, 2.05) is 0 Å².